The predicted octanol–water partition coefficient (Wildman–Crippen LogP) is 0.757. The maximum Gasteiger partial charge on any atom is 0.228 e. The first kappa shape index (κ1) is 14.2. The number of fused-ring (bicyclic) bond motifs is 1. The van der Waals surface area contributed by atoms with Crippen molar-refractivity contribution in [3.63, 3.8) is 0 Å². The van der Waals surface area contributed by atoms with Crippen molar-refractivity contribution >= 4 is 16.7 Å². The molecule has 2 N–H and O–H groups in total. The number of nitrogens with one attached hydrogen (secondary N) is 2. The molecule has 1 amide bonds. The minimum atomic E-state index is -0.907. The van der Waals surface area contributed by atoms with Crippen molar-refractivity contribution < 1.29 is 9.00 Å². The third-order valence-electron chi connectivity index (χ3n) is 3.54. The van der Waals surface area contributed by atoms with Gasteiger partial charge in [-0.2, -0.15) is 0 Å². The quantitative estimate of drug-likeness (QED) is 0.856. The SMILES string of the molecule is CC(CNC(=O)C1CNCc2ccccc21)S(C)=O. The Morgan fingerprint density at radius 1 is 1.53 bits per heavy atom. The molecule has 2 rings (SSSR count). The number of rotatable bonds is 4. The van der Waals surface area contributed by atoms with E-state index in [4.69, 9.17) is 0 Å². The van der Waals surface area contributed by atoms with Crippen molar-refractivity contribution in [1.29, 1.82) is 0 Å². The van der Waals surface area contributed by atoms with Crippen LogP contribution in [0.25, 0.3) is 0 Å². The van der Waals surface area contributed by atoms with E-state index >= 15 is 0 Å². The molecule has 0 saturated heterocycles. The summed E-state index contributed by atoms with van der Waals surface area (Å²) in [5, 5.41) is 6.15. The van der Waals surface area contributed by atoms with Crippen LogP contribution < -0.4 is 10.6 Å². The third-order valence-corrected chi connectivity index (χ3v) is 4.84. The van der Waals surface area contributed by atoms with Gasteiger partial charge in [0.05, 0.1) is 5.92 Å². The van der Waals surface area contributed by atoms with Crippen LogP contribution in [0.15, 0.2) is 24.3 Å². The number of amides is 1. The van der Waals surface area contributed by atoms with Crippen molar-refractivity contribution in [2.24, 2.45) is 0 Å². The van der Waals surface area contributed by atoms with Gasteiger partial charge in [0.2, 0.25) is 5.91 Å². The maximum atomic E-state index is 12.2. The fourth-order valence-corrected chi connectivity index (χ4v) is 2.53. The molecular weight excluding hydrogens is 260 g/mol. The molecule has 1 aliphatic heterocycles. The maximum absolute atomic E-state index is 12.2. The Bertz CT molecular complexity index is 490. The van der Waals surface area contributed by atoms with Crippen LogP contribution in [-0.2, 0) is 22.1 Å². The smallest absolute Gasteiger partial charge is 0.228 e. The van der Waals surface area contributed by atoms with E-state index < -0.39 is 10.8 Å². The van der Waals surface area contributed by atoms with Crippen molar-refractivity contribution in [3.05, 3.63) is 35.4 Å². The fourth-order valence-electron chi connectivity index (χ4n) is 2.22. The molecule has 5 heteroatoms. The Morgan fingerprint density at radius 3 is 3.00 bits per heavy atom. The second kappa shape index (κ2) is 6.30. The molecule has 104 valence electrons. The molecule has 0 radical (unpaired) electrons. The van der Waals surface area contributed by atoms with Gasteiger partial charge in [-0.1, -0.05) is 24.3 Å². The lowest BCUT2D eigenvalue weighted by atomic mass is 9.90. The van der Waals surface area contributed by atoms with Crippen molar-refractivity contribution in [2.45, 2.75) is 24.6 Å². The Labute approximate surface area is 116 Å². The molecule has 1 heterocycles. The van der Waals surface area contributed by atoms with Gasteiger partial charge >= 0.3 is 0 Å². The Balaban J connectivity index is 2.03. The number of hydrogen-bond donors (Lipinski definition) is 2. The normalized spacial score (nSPS) is 21.3. The molecule has 0 aliphatic carbocycles. The molecule has 0 aromatic heterocycles. The number of carbonyl (C=O) groups is 1. The van der Waals surface area contributed by atoms with Gasteiger partial charge in [0.15, 0.2) is 0 Å². The average Bonchev–Trinajstić information content (AvgIpc) is 2.43. The van der Waals surface area contributed by atoms with Gasteiger partial charge in [0.1, 0.15) is 0 Å². The molecule has 3 unspecified atom stereocenters. The molecule has 0 fully saturated rings. The Kier molecular flexibility index (Phi) is 4.71. The van der Waals surface area contributed by atoms with E-state index in [9.17, 15) is 9.00 Å². The largest absolute Gasteiger partial charge is 0.354 e. The van der Waals surface area contributed by atoms with Crippen LogP contribution in [-0.4, -0.2) is 34.7 Å². The van der Waals surface area contributed by atoms with Gasteiger partial charge in [-0.05, 0) is 18.1 Å². The van der Waals surface area contributed by atoms with Gasteiger partial charge in [0, 0.05) is 41.9 Å². The van der Waals surface area contributed by atoms with Crippen LogP contribution in [0.5, 0.6) is 0 Å². The fraction of sp³-hybridized carbons (Fsp3) is 0.500. The van der Waals surface area contributed by atoms with Gasteiger partial charge < -0.3 is 10.6 Å². The van der Waals surface area contributed by atoms with E-state index in [1.165, 1.54) is 5.56 Å². The van der Waals surface area contributed by atoms with E-state index in [1.54, 1.807) is 6.26 Å². The molecule has 0 spiro atoms. The first-order chi connectivity index (χ1) is 9.09. The number of hydrogen-bond acceptors (Lipinski definition) is 3. The summed E-state index contributed by atoms with van der Waals surface area (Å²) in [5.41, 5.74) is 2.28. The van der Waals surface area contributed by atoms with Crippen LogP contribution in [0.4, 0.5) is 0 Å². The van der Waals surface area contributed by atoms with E-state index in [0.717, 1.165) is 12.1 Å². The molecule has 19 heavy (non-hydrogen) atoms. The zero-order chi connectivity index (χ0) is 13.8. The lowest BCUT2D eigenvalue weighted by molar-refractivity contribution is -0.122. The lowest BCUT2D eigenvalue weighted by Gasteiger charge is -2.26. The highest BCUT2D eigenvalue weighted by Crippen LogP contribution is 2.23. The van der Waals surface area contributed by atoms with Gasteiger partial charge in [0.25, 0.3) is 0 Å². The summed E-state index contributed by atoms with van der Waals surface area (Å²) in [5.74, 6) is -0.139. The summed E-state index contributed by atoms with van der Waals surface area (Å²) in [6.45, 7) is 3.81. The van der Waals surface area contributed by atoms with Crippen LogP contribution >= 0.6 is 0 Å². The molecule has 4 nitrogen and oxygen atoms in total. The second-order valence-electron chi connectivity index (χ2n) is 4.94. The monoisotopic (exact) mass is 280 g/mol. The highest BCUT2D eigenvalue weighted by Gasteiger charge is 2.26. The highest BCUT2D eigenvalue weighted by molar-refractivity contribution is 7.84. The van der Waals surface area contributed by atoms with Crippen LogP contribution in [0.1, 0.15) is 24.0 Å². The standard InChI is InChI=1S/C14H20N2O2S/c1-10(19(2)18)7-16-14(17)13-9-15-8-11-5-3-4-6-12(11)13/h3-6,10,13,15H,7-9H2,1-2H3,(H,16,17). The highest BCUT2D eigenvalue weighted by atomic mass is 32.2. The second-order valence-corrected chi connectivity index (χ2v) is 6.74. The molecule has 3 atom stereocenters. The molecule has 1 aromatic rings. The topological polar surface area (TPSA) is 58.2 Å². The Morgan fingerprint density at radius 2 is 2.26 bits per heavy atom. The van der Waals surface area contributed by atoms with Crippen molar-refractivity contribution in [2.75, 3.05) is 19.3 Å². The van der Waals surface area contributed by atoms with Gasteiger partial charge in [-0.15, -0.1) is 0 Å². The molecule has 1 aliphatic rings. The Hall–Kier alpha value is -1.20. The van der Waals surface area contributed by atoms with Crippen LogP contribution in [0.2, 0.25) is 0 Å². The van der Waals surface area contributed by atoms with Crippen LogP contribution in [0.3, 0.4) is 0 Å². The summed E-state index contributed by atoms with van der Waals surface area (Å²) in [6, 6.07) is 8.02. The van der Waals surface area contributed by atoms with E-state index in [-0.39, 0.29) is 17.1 Å². The summed E-state index contributed by atoms with van der Waals surface area (Å²) in [7, 11) is -0.907. The van der Waals surface area contributed by atoms with E-state index in [2.05, 4.69) is 10.6 Å². The van der Waals surface area contributed by atoms with Crippen LogP contribution in [0, 0.1) is 0 Å². The van der Waals surface area contributed by atoms with Gasteiger partial charge in [-0.3, -0.25) is 9.00 Å². The van der Waals surface area contributed by atoms with E-state index in [1.807, 2.05) is 31.2 Å². The molecular formula is C14H20N2O2S. The zero-order valence-electron chi connectivity index (χ0n) is 11.3. The first-order valence-corrected chi connectivity index (χ1v) is 8.10. The minimum absolute atomic E-state index is 0.0111. The molecule has 0 bridgehead atoms. The summed E-state index contributed by atoms with van der Waals surface area (Å²) in [6.07, 6.45) is 1.66. The zero-order valence-corrected chi connectivity index (χ0v) is 12.1. The van der Waals surface area contributed by atoms with E-state index in [0.29, 0.717) is 13.1 Å². The molecule has 0 saturated carbocycles. The predicted molar refractivity (Wildman–Crippen MR) is 77.4 cm³/mol. The van der Waals surface area contributed by atoms with Crippen molar-refractivity contribution in [1.82, 2.24) is 10.6 Å². The molecule has 1 aromatic carbocycles. The average molecular weight is 280 g/mol. The van der Waals surface area contributed by atoms with Gasteiger partial charge in [-0.25, -0.2) is 0 Å². The van der Waals surface area contributed by atoms with Crippen molar-refractivity contribution in [3.8, 4) is 0 Å². The minimum Gasteiger partial charge on any atom is -0.354 e. The summed E-state index contributed by atoms with van der Waals surface area (Å²) in [4.78, 5) is 12.2. The first-order valence-electron chi connectivity index (χ1n) is 6.48. The third kappa shape index (κ3) is 3.42. The number of carbonyl (C=O) groups excluding carboxylic acids is 1. The lowest BCUT2D eigenvalue weighted by Crippen LogP contribution is -2.41. The summed E-state index contributed by atoms with van der Waals surface area (Å²) < 4.78 is 11.3. The summed E-state index contributed by atoms with van der Waals surface area (Å²) >= 11 is 0. The number of benzene rings is 1.